The largest absolute Gasteiger partial charge is 0.497 e. The summed E-state index contributed by atoms with van der Waals surface area (Å²) >= 11 is 0. The van der Waals surface area contributed by atoms with Gasteiger partial charge in [0.1, 0.15) is 11.6 Å². The zero-order valence-electron chi connectivity index (χ0n) is 20.8. The molecule has 2 unspecified atom stereocenters. The van der Waals surface area contributed by atoms with Crippen molar-refractivity contribution in [2.75, 3.05) is 27.3 Å². The van der Waals surface area contributed by atoms with Crippen molar-refractivity contribution in [3.05, 3.63) is 71.2 Å². The molecule has 3 aromatic rings. The number of pyridine rings is 1. The van der Waals surface area contributed by atoms with Gasteiger partial charge in [0.15, 0.2) is 0 Å². The molecule has 4 atom stereocenters. The number of rotatable bonds is 7. The Bertz CT molecular complexity index is 1250. The number of aliphatic hydroxyl groups excluding tert-OH is 1. The van der Waals surface area contributed by atoms with E-state index in [1.165, 1.54) is 18.7 Å². The van der Waals surface area contributed by atoms with Crippen LogP contribution >= 0.6 is 0 Å². The zero-order chi connectivity index (χ0) is 25.2. The lowest BCUT2D eigenvalue weighted by atomic mass is 9.80. The number of aryl methyl sites for hydroxylation is 1. The van der Waals surface area contributed by atoms with Gasteiger partial charge in [0.2, 0.25) is 0 Å². The maximum Gasteiger partial charge on any atom is 0.310 e. The molecule has 0 bridgehead atoms. The van der Waals surface area contributed by atoms with Crippen molar-refractivity contribution in [2.24, 2.45) is 11.8 Å². The van der Waals surface area contributed by atoms with Crippen molar-refractivity contribution in [2.45, 2.75) is 44.2 Å². The molecule has 2 aliphatic rings. The van der Waals surface area contributed by atoms with Gasteiger partial charge in [0.25, 0.3) is 0 Å². The quantitative estimate of drug-likeness (QED) is 0.469. The summed E-state index contributed by atoms with van der Waals surface area (Å²) in [7, 11) is 3.06. The zero-order valence-corrected chi connectivity index (χ0v) is 20.8. The summed E-state index contributed by atoms with van der Waals surface area (Å²) in [5, 5.41) is 12.0. The number of hydrogen-bond donors (Lipinski definition) is 1. The first kappa shape index (κ1) is 24.7. The van der Waals surface area contributed by atoms with Gasteiger partial charge < -0.3 is 14.6 Å². The highest BCUT2D eigenvalue weighted by Crippen LogP contribution is 2.41. The van der Waals surface area contributed by atoms with Crippen molar-refractivity contribution in [3.8, 4) is 5.75 Å². The van der Waals surface area contributed by atoms with E-state index in [0.717, 1.165) is 60.0 Å². The fourth-order valence-corrected chi connectivity index (χ4v) is 6.11. The number of methoxy groups -OCH3 is 2. The number of aromatic nitrogens is 1. The minimum Gasteiger partial charge on any atom is -0.497 e. The van der Waals surface area contributed by atoms with Crippen molar-refractivity contribution in [1.82, 2.24) is 9.88 Å². The van der Waals surface area contributed by atoms with Crippen LogP contribution in [-0.4, -0.2) is 48.3 Å². The summed E-state index contributed by atoms with van der Waals surface area (Å²) in [5.74, 6) is 0.197. The Hall–Kier alpha value is -3.03. The van der Waals surface area contributed by atoms with E-state index in [2.05, 4.69) is 9.88 Å². The first-order valence-corrected chi connectivity index (χ1v) is 12.7. The number of piperidine rings is 1. The summed E-state index contributed by atoms with van der Waals surface area (Å²) < 4.78 is 24.2. The van der Waals surface area contributed by atoms with E-state index in [1.807, 2.05) is 30.3 Å². The Balaban J connectivity index is 1.29. The van der Waals surface area contributed by atoms with Crippen LogP contribution in [0.25, 0.3) is 10.9 Å². The van der Waals surface area contributed by atoms with Crippen LogP contribution in [0.2, 0.25) is 0 Å². The topological polar surface area (TPSA) is 71.9 Å². The molecule has 1 fully saturated rings. The Kier molecular flexibility index (Phi) is 7.21. The van der Waals surface area contributed by atoms with E-state index in [0.29, 0.717) is 13.0 Å². The van der Waals surface area contributed by atoms with Gasteiger partial charge in [-0.2, -0.15) is 0 Å². The lowest BCUT2D eigenvalue weighted by molar-refractivity contribution is -0.150. The Morgan fingerprint density at radius 2 is 2.06 bits per heavy atom. The lowest BCUT2D eigenvalue weighted by Gasteiger charge is -2.40. The third-order valence-electron chi connectivity index (χ3n) is 8.04. The molecule has 1 N–H and O–H groups in total. The van der Waals surface area contributed by atoms with Gasteiger partial charge in [-0.05, 0) is 97.7 Å². The fraction of sp³-hybridized carbons (Fsp3) is 0.448. The number of esters is 1. The monoisotopic (exact) mass is 492 g/mol. The van der Waals surface area contributed by atoms with Crippen LogP contribution in [-0.2, 0) is 16.0 Å². The minimum atomic E-state index is -0.671. The number of nitrogens with zero attached hydrogens (tertiary/aromatic N) is 2. The maximum atomic E-state index is 13.7. The molecule has 190 valence electrons. The van der Waals surface area contributed by atoms with Crippen molar-refractivity contribution < 1.29 is 23.8 Å². The van der Waals surface area contributed by atoms with Crippen LogP contribution in [0.5, 0.6) is 5.75 Å². The normalized spacial score (nSPS) is 22.8. The van der Waals surface area contributed by atoms with Crippen molar-refractivity contribution in [1.29, 1.82) is 0 Å². The molecule has 7 heteroatoms. The van der Waals surface area contributed by atoms with Gasteiger partial charge in [-0.15, -0.1) is 0 Å². The number of halogens is 1. The van der Waals surface area contributed by atoms with Crippen LogP contribution in [0.3, 0.4) is 0 Å². The van der Waals surface area contributed by atoms with Gasteiger partial charge >= 0.3 is 5.97 Å². The van der Waals surface area contributed by atoms with Crippen molar-refractivity contribution in [3.63, 3.8) is 0 Å². The highest BCUT2D eigenvalue weighted by Gasteiger charge is 2.39. The second-order valence-corrected chi connectivity index (χ2v) is 9.95. The molecule has 0 spiro atoms. The summed E-state index contributed by atoms with van der Waals surface area (Å²) in [5.41, 5.74) is 3.88. The number of aliphatic hydroxyl groups is 1. The Morgan fingerprint density at radius 1 is 1.19 bits per heavy atom. The standard InChI is InChI=1S/C29H33FN2O4/c1-35-21-6-8-26-24(16-21)23(11-13-31-26)28(33)10-4-18-12-14-32(17-25(18)29(34)36-2)27-9-3-19-15-20(30)5-7-22(19)27/h5-8,11,13,15-16,18,25,27-28,33H,3-4,9-10,12,14,17H2,1-2H3/t18-,25+,27?,28?/m1/s1. The summed E-state index contributed by atoms with van der Waals surface area (Å²) in [6.07, 6.45) is 4.95. The number of benzene rings is 2. The third-order valence-corrected chi connectivity index (χ3v) is 8.04. The van der Waals surface area contributed by atoms with Crippen LogP contribution in [0.4, 0.5) is 4.39 Å². The molecule has 0 saturated carbocycles. The molecule has 1 aromatic heterocycles. The second kappa shape index (κ2) is 10.5. The van der Waals surface area contributed by atoms with Gasteiger partial charge in [0.05, 0.1) is 31.8 Å². The van der Waals surface area contributed by atoms with Crippen LogP contribution in [0.15, 0.2) is 48.7 Å². The smallest absolute Gasteiger partial charge is 0.310 e. The molecular weight excluding hydrogens is 459 g/mol. The summed E-state index contributed by atoms with van der Waals surface area (Å²) in [4.78, 5) is 19.6. The third kappa shape index (κ3) is 4.82. The predicted octanol–water partition coefficient (Wildman–Crippen LogP) is 4.99. The van der Waals surface area contributed by atoms with Crippen molar-refractivity contribution >= 4 is 16.9 Å². The Labute approximate surface area is 211 Å². The SMILES string of the molecule is COC(=O)[C@H]1CN(C2CCc3cc(F)ccc32)CC[C@H]1CCC(O)c1ccnc2ccc(OC)cc12. The molecule has 5 rings (SSSR count). The average Bonchev–Trinajstić information content (AvgIpc) is 3.33. The molecule has 2 heterocycles. The van der Waals surface area contributed by atoms with Gasteiger partial charge in [-0.25, -0.2) is 4.39 Å². The number of carbonyl (C=O) groups excluding carboxylic acids is 1. The summed E-state index contributed by atoms with van der Waals surface area (Å²) in [6.45, 7) is 1.48. The lowest BCUT2D eigenvalue weighted by Crippen LogP contribution is -2.45. The number of hydrogen-bond acceptors (Lipinski definition) is 6. The van der Waals surface area contributed by atoms with Crippen LogP contribution < -0.4 is 4.74 Å². The first-order valence-electron chi connectivity index (χ1n) is 12.7. The molecule has 1 saturated heterocycles. The summed E-state index contributed by atoms with van der Waals surface area (Å²) in [6, 6.07) is 12.8. The molecular formula is C29H33FN2O4. The van der Waals surface area contributed by atoms with Gasteiger partial charge in [0, 0.05) is 24.2 Å². The van der Waals surface area contributed by atoms with Crippen LogP contribution in [0, 0.1) is 17.7 Å². The van der Waals surface area contributed by atoms with E-state index in [-0.39, 0.29) is 29.7 Å². The fourth-order valence-electron chi connectivity index (χ4n) is 6.11. The second-order valence-electron chi connectivity index (χ2n) is 9.95. The first-order chi connectivity index (χ1) is 17.5. The van der Waals surface area contributed by atoms with Gasteiger partial charge in [-0.1, -0.05) is 6.07 Å². The molecule has 1 aliphatic carbocycles. The van der Waals surface area contributed by atoms with E-state index in [4.69, 9.17) is 9.47 Å². The molecule has 1 aliphatic heterocycles. The van der Waals surface area contributed by atoms with E-state index in [1.54, 1.807) is 19.4 Å². The molecule has 36 heavy (non-hydrogen) atoms. The molecule has 0 radical (unpaired) electrons. The minimum absolute atomic E-state index is 0.125. The number of likely N-dealkylation sites (tertiary alicyclic amines) is 1. The van der Waals surface area contributed by atoms with Crippen LogP contribution in [0.1, 0.15) is 54.5 Å². The maximum absolute atomic E-state index is 13.7. The predicted molar refractivity (Wildman–Crippen MR) is 135 cm³/mol. The highest BCUT2D eigenvalue weighted by molar-refractivity contribution is 5.83. The number of fused-ring (bicyclic) bond motifs is 2. The molecule has 2 aromatic carbocycles. The van der Waals surface area contributed by atoms with E-state index < -0.39 is 6.10 Å². The average molecular weight is 493 g/mol. The van der Waals surface area contributed by atoms with E-state index in [9.17, 15) is 14.3 Å². The highest BCUT2D eigenvalue weighted by atomic mass is 19.1. The molecule has 0 amide bonds. The number of carbonyl (C=O) groups is 1. The van der Waals surface area contributed by atoms with E-state index >= 15 is 0 Å². The molecule has 6 nitrogen and oxygen atoms in total. The van der Waals surface area contributed by atoms with Gasteiger partial charge in [-0.3, -0.25) is 14.7 Å². The number of ether oxygens (including phenoxy) is 2. The Morgan fingerprint density at radius 3 is 2.86 bits per heavy atom.